The maximum Gasteiger partial charge on any atom is 0.257 e. The zero-order valence-electron chi connectivity index (χ0n) is 11.6. The van der Waals surface area contributed by atoms with Gasteiger partial charge in [0.1, 0.15) is 11.6 Å². The summed E-state index contributed by atoms with van der Waals surface area (Å²) in [6.07, 6.45) is 2.11. The lowest BCUT2D eigenvalue weighted by Gasteiger charge is -2.35. The highest BCUT2D eigenvalue weighted by molar-refractivity contribution is 5.98. The highest BCUT2D eigenvalue weighted by Gasteiger charge is 2.28. The van der Waals surface area contributed by atoms with Gasteiger partial charge >= 0.3 is 0 Å². The Morgan fingerprint density at radius 1 is 1.47 bits per heavy atom. The third kappa shape index (κ3) is 2.85. The van der Waals surface area contributed by atoms with Crippen molar-refractivity contribution in [2.45, 2.75) is 20.3 Å². The van der Waals surface area contributed by atoms with Gasteiger partial charge in [0.15, 0.2) is 0 Å². The molecule has 0 aliphatic carbocycles. The summed E-state index contributed by atoms with van der Waals surface area (Å²) in [5.74, 6) is 0.893. The summed E-state index contributed by atoms with van der Waals surface area (Å²) in [6.45, 7) is 5.80. The third-order valence-electron chi connectivity index (χ3n) is 3.94. The van der Waals surface area contributed by atoms with Crippen LogP contribution in [0.1, 0.15) is 30.6 Å². The number of amides is 1. The van der Waals surface area contributed by atoms with Gasteiger partial charge in [-0.3, -0.25) is 4.79 Å². The molecule has 0 radical (unpaired) electrons. The minimum atomic E-state index is -0.485. The van der Waals surface area contributed by atoms with Crippen molar-refractivity contribution in [3.05, 3.63) is 23.6 Å². The highest BCUT2D eigenvalue weighted by Crippen LogP contribution is 2.25. The maximum absolute atomic E-state index is 13.3. The molecular weight excluding hydrogens is 245 g/mol. The molecule has 104 valence electrons. The summed E-state index contributed by atoms with van der Waals surface area (Å²) in [5.41, 5.74) is 0.309. The Morgan fingerprint density at radius 3 is 2.84 bits per heavy atom. The molecule has 1 aromatic heterocycles. The van der Waals surface area contributed by atoms with Crippen molar-refractivity contribution in [2.24, 2.45) is 11.8 Å². The van der Waals surface area contributed by atoms with Gasteiger partial charge in [-0.05, 0) is 24.3 Å². The number of rotatable bonds is 2. The fourth-order valence-electron chi connectivity index (χ4n) is 2.42. The lowest BCUT2D eigenvalue weighted by molar-refractivity contribution is 0.0627. The second-order valence-electron chi connectivity index (χ2n) is 5.29. The predicted octanol–water partition coefficient (Wildman–Crippen LogP) is 2.38. The standard InChI is InChI=1S/C14H20FN3O/c1-9-4-5-18(8-10(9)2)14(19)12-6-11(15)7-17-13(12)16-3/h6-7,9-10H,4-5,8H2,1-3H3,(H,16,17). The zero-order chi connectivity index (χ0) is 14.0. The van der Waals surface area contributed by atoms with Crippen molar-refractivity contribution < 1.29 is 9.18 Å². The number of nitrogens with one attached hydrogen (secondary N) is 1. The highest BCUT2D eigenvalue weighted by atomic mass is 19.1. The van der Waals surface area contributed by atoms with Crippen LogP contribution in [0.4, 0.5) is 10.2 Å². The molecule has 1 amide bonds. The van der Waals surface area contributed by atoms with Crippen molar-refractivity contribution in [3.63, 3.8) is 0 Å². The van der Waals surface area contributed by atoms with Gasteiger partial charge in [0, 0.05) is 20.1 Å². The molecular formula is C14H20FN3O. The van der Waals surface area contributed by atoms with Crippen LogP contribution in [0.15, 0.2) is 12.3 Å². The quantitative estimate of drug-likeness (QED) is 0.893. The first-order valence-electron chi connectivity index (χ1n) is 6.65. The summed E-state index contributed by atoms with van der Waals surface area (Å²) >= 11 is 0. The number of aromatic nitrogens is 1. The topological polar surface area (TPSA) is 45.2 Å². The van der Waals surface area contributed by atoms with E-state index in [1.165, 1.54) is 6.07 Å². The molecule has 1 N–H and O–H groups in total. The fourth-order valence-corrected chi connectivity index (χ4v) is 2.42. The summed E-state index contributed by atoms with van der Waals surface area (Å²) in [7, 11) is 1.68. The van der Waals surface area contributed by atoms with Crippen LogP contribution in [-0.4, -0.2) is 35.9 Å². The van der Waals surface area contributed by atoms with E-state index in [0.717, 1.165) is 25.7 Å². The SMILES string of the molecule is CNc1ncc(F)cc1C(=O)N1CCC(C)C(C)C1. The molecule has 1 aliphatic rings. The molecule has 2 atom stereocenters. The number of carbonyl (C=O) groups is 1. The molecule has 2 heterocycles. The van der Waals surface area contributed by atoms with Crippen LogP contribution in [0.3, 0.4) is 0 Å². The van der Waals surface area contributed by atoms with Gasteiger partial charge in [0.05, 0.1) is 11.8 Å². The monoisotopic (exact) mass is 265 g/mol. The molecule has 1 fully saturated rings. The Balaban J connectivity index is 2.22. The van der Waals surface area contributed by atoms with Crippen LogP contribution >= 0.6 is 0 Å². The molecule has 1 aliphatic heterocycles. The van der Waals surface area contributed by atoms with Crippen molar-refractivity contribution in [1.82, 2.24) is 9.88 Å². The van der Waals surface area contributed by atoms with Crippen LogP contribution < -0.4 is 5.32 Å². The van der Waals surface area contributed by atoms with E-state index in [-0.39, 0.29) is 5.91 Å². The van der Waals surface area contributed by atoms with Crippen LogP contribution in [0.2, 0.25) is 0 Å². The maximum atomic E-state index is 13.3. The average Bonchev–Trinajstić information content (AvgIpc) is 2.41. The number of carbonyl (C=O) groups excluding carboxylic acids is 1. The van der Waals surface area contributed by atoms with Crippen LogP contribution in [0.25, 0.3) is 0 Å². The Labute approximate surface area is 113 Å². The lowest BCUT2D eigenvalue weighted by atomic mass is 9.88. The van der Waals surface area contributed by atoms with E-state index in [2.05, 4.69) is 24.1 Å². The Kier molecular flexibility index (Phi) is 4.02. The fraction of sp³-hybridized carbons (Fsp3) is 0.571. The van der Waals surface area contributed by atoms with Gasteiger partial charge in [-0.2, -0.15) is 0 Å². The number of hydrogen-bond acceptors (Lipinski definition) is 3. The van der Waals surface area contributed by atoms with Crippen LogP contribution in [0, 0.1) is 17.7 Å². The van der Waals surface area contributed by atoms with Gasteiger partial charge in [-0.15, -0.1) is 0 Å². The van der Waals surface area contributed by atoms with Crippen molar-refractivity contribution >= 4 is 11.7 Å². The Bertz CT molecular complexity index is 478. The summed E-state index contributed by atoms with van der Waals surface area (Å²) in [6, 6.07) is 1.25. The van der Waals surface area contributed by atoms with Crippen LogP contribution in [0.5, 0.6) is 0 Å². The number of halogens is 1. The molecule has 1 aromatic rings. The number of hydrogen-bond donors (Lipinski definition) is 1. The molecule has 2 rings (SSSR count). The minimum absolute atomic E-state index is 0.143. The van der Waals surface area contributed by atoms with E-state index in [4.69, 9.17) is 0 Å². The number of pyridine rings is 1. The third-order valence-corrected chi connectivity index (χ3v) is 3.94. The van der Waals surface area contributed by atoms with Crippen molar-refractivity contribution in [3.8, 4) is 0 Å². The first-order chi connectivity index (χ1) is 9.02. The summed E-state index contributed by atoms with van der Waals surface area (Å²) in [4.78, 5) is 18.2. The number of nitrogens with zero attached hydrogens (tertiary/aromatic N) is 2. The van der Waals surface area contributed by atoms with E-state index >= 15 is 0 Å². The van der Waals surface area contributed by atoms with E-state index in [0.29, 0.717) is 23.2 Å². The molecule has 1 saturated heterocycles. The van der Waals surface area contributed by atoms with Crippen molar-refractivity contribution in [1.29, 1.82) is 0 Å². The number of likely N-dealkylation sites (tertiary alicyclic amines) is 1. The lowest BCUT2D eigenvalue weighted by Crippen LogP contribution is -2.42. The Hall–Kier alpha value is -1.65. The first-order valence-corrected chi connectivity index (χ1v) is 6.65. The molecule has 4 nitrogen and oxygen atoms in total. The molecule has 19 heavy (non-hydrogen) atoms. The number of anilines is 1. The second kappa shape index (κ2) is 5.55. The van der Waals surface area contributed by atoms with E-state index in [1.807, 2.05) is 0 Å². The molecule has 2 unspecified atom stereocenters. The smallest absolute Gasteiger partial charge is 0.257 e. The summed E-state index contributed by atoms with van der Waals surface area (Å²) < 4.78 is 13.3. The number of piperidine rings is 1. The predicted molar refractivity (Wildman–Crippen MR) is 72.6 cm³/mol. The van der Waals surface area contributed by atoms with Gasteiger partial charge in [0.25, 0.3) is 5.91 Å². The van der Waals surface area contributed by atoms with Gasteiger partial charge in [0.2, 0.25) is 0 Å². The molecule has 0 bridgehead atoms. The zero-order valence-corrected chi connectivity index (χ0v) is 11.6. The first kappa shape index (κ1) is 13.8. The van der Waals surface area contributed by atoms with E-state index in [1.54, 1.807) is 11.9 Å². The molecule has 0 spiro atoms. The van der Waals surface area contributed by atoms with E-state index in [9.17, 15) is 9.18 Å². The minimum Gasteiger partial charge on any atom is -0.372 e. The average molecular weight is 265 g/mol. The summed E-state index contributed by atoms with van der Waals surface area (Å²) in [5, 5.41) is 2.84. The largest absolute Gasteiger partial charge is 0.372 e. The molecule has 5 heteroatoms. The normalized spacial score (nSPS) is 23.3. The van der Waals surface area contributed by atoms with Gasteiger partial charge < -0.3 is 10.2 Å². The Morgan fingerprint density at radius 2 is 2.21 bits per heavy atom. The van der Waals surface area contributed by atoms with Gasteiger partial charge in [-0.1, -0.05) is 13.8 Å². The van der Waals surface area contributed by atoms with Gasteiger partial charge in [-0.25, -0.2) is 9.37 Å². The van der Waals surface area contributed by atoms with E-state index < -0.39 is 5.82 Å². The van der Waals surface area contributed by atoms with Crippen molar-refractivity contribution in [2.75, 3.05) is 25.5 Å². The molecule has 0 saturated carbocycles. The van der Waals surface area contributed by atoms with Crippen LogP contribution in [-0.2, 0) is 0 Å². The second-order valence-corrected chi connectivity index (χ2v) is 5.29. The molecule has 0 aromatic carbocycles.